The van der Waals surface area contributed by atoms with Gasteiger partial charge in [0.2, 0.25) is 0 Å². The van der Waals surface area contributed by atoms with E-state index < -0.39 is 0 Å². The average Bonchev–Trinajstić information content (AvgIpc) is 2.84. The fourth-order valence-electron chi connectivity index (χ4n) is 3.46. The molecule has 16 heavy (non-hydrogen) atoms. The minimum atomic E-state index is 0.417. The molecule has 0 N–H and O–H groups in total. The molecule has 2 saturated carbocycles. The lowest BCUT2D eigenvalue weighted by Crippen LogP contribution is -2.37. The highest BCUT2D eigenvalue weighted by Gasteiger charge is 2.40. The SMILES string of the molecule is CCOC(C1CCC[C@H]1S)C1CCC[C@@H]1S. The Morgan fingerprint density at radius 1 is 1.00 bits per heavy atom. The molecule has 0 aliphatic heterocycles. The van der Waals surface area contributed by atoms with Gasteiger partial charge in [0.05, 0.1) is 6.10 Å². The summed E-state index contributed by atoms with van der Waals surface area (Å²) >= 11 is 9.47. The highest BCUT2D eigenvalue weighted by Crippen LogP contribution is 2.42. The van der Waals surface area contributed by atoms with Crippen molar-refractivity contribution < 1.29 is 4.74 Å². The minimum Gasteiger partial charge on any atom is -0.378 e. The number of ether oxygens (including phenoxy) is 1. The quantitative estimate of drug-likeness (QED) is 0.735. The van der Waals surface area contributed by atoms with E-state index in [4.69, 9.17) is 30.0 Å². The number of thiol groups is 2. The highest BCUT2D eigenvalue weighted by atomic mass is 32.1. The van der Waals surface area contributed by atoms with Crippen LogP contribution < -0.4 is 0 Å². The maximum absolute atomic E-state index is 6.05. The first kappa shape index (κ1) is 13.1. The zero-order valence-electron chi connectivity index (χ0n) is 10.1. The summed E-state index contributed by atoms with van der Waals surface area (Å²) in [4.78, 5) is 0. The molecule has 2 aliphatic rings. The van der Waals surface area contributed by atoms with Crippen LogP contribution in [-0.4, -0.2) is 23.2 Å². The van der Waals surface area contributed by atoms with Gasteiger partial charge in [0.25, 0.3) is 0 Å². The lowest BCUT2D eigenvalue weighted by molar-refractivity contribution is -0.0143. The van der Waals surface area contributed by atoms with Crippen molar-refractivity contribution in [2.24, 2.45) is 11.8 Å². The largest absolute Gasteiger partial charge is 0.378 e. The van der Waals surface area contributed by atoms with E-state index in [0.717, 1.165) is 6.61 Å². The standard InChI is InChI=1S/C13H24OS2/c1-2-14-13(9-5-3-7-11(9)15)10-6-4-8-12(10)16/h9-13,15-16H,2-8H2,1H3/t9?,10?,11-,12+,13?. The molecule has 0 aromatic heterocycles. The molecule has 0 spiro atoms. The maximum Gasteiger partial charge on any atom is 0.0652 e. The van der Waals surface area contributed by atoms with Gasteiger partial charge in [0.15, 0.2) is 0 Å². The van der Waals surface area contributed by atoms with E-state index in [0.29, 0.717) is 28.4 Å². The van der Waals surface area contributed by atoms with Crippen molar-refractivity contribution in [1.82, 2.24) is 0 Å². The minimum absolute atomic E-state index is 0.417. The molecule has 94 valence electrons. The lowest BCUT2D eigenvalue weighted by atomic mass is 9.88. The monoisotopic (exact) mass is 260 g/mol. The first-order valence-corrected chi connectivity index (χ1v) is 7.75. The van der Waals surface area contributed by atoms with Gasteiger partial charge in [-0.3, -0.25) is 0 Å². The van der Waals surface area contributed by atoms with Crippen LogP contribution in [0.1, 0.15) is 45.4 Å². The molecule has 2 aliphatic carbocycles. The second-order valence-electron chi connectivity index (χ2n) is 5.24. The lowest BCUT2D eigenvalue weighted by Gasteiger charge is -2.33. The molecule has 0 heterocycles. The van der Waals surface area contributed by atoms with Crippen LogP contribution in [0.25, 0.3) is 0 Å². The Balaban J connectivity index is 2.03. The molecule has 5 atom stereocenters. The molecule has 0 aromatic carbocycles. The predicted octanol–water partition coefficient (Wildman–Crippen LogP) is 3.59. The van der Waals surface area contributed by atoms with Crippen LogP contribution in [0.4, 0.5) is 0 Å². The first-order valence-electron chi connectivity index (χ1n) is 6.71. The van der Waals surface area contributed by atoms with Gasteiger partial charge in [0, 0.05) is 17.1 Å². The van der Waals surface area contributed by atoms with Crippen molar-refractivity contribution in [3.05, 3.63) is 0 Å². The van der Waals surface area contributed by atoms with Crippen LogP contribution in [0.15, 0.2) is 0 Å². The Morgan fingerprint density at radius 3 is 1.81 bits per heavy atom. The van der Waals surface area contributed by atoms with E-state index in [2.05, 4.69) is 6.92 Å². The smallest absolute Gasteiger partial charge is 0.0652 e. The van der Waals surface area contributed by atoms with Gasteiger partial charge in [-0.05, 0) is 44.4 Å². The molecule has 3 heteroatoms. The van der Waals surface area contributed by atoms with E-state index in [-0.39, 0.29) is 0 Å². The Bertz CT molecular complexity index is 202. The summed E-state index contributed by atoms with van der Waals surface area (Å²) < 4.78 is 6.05. The summed E-state index contributed by atoms with van der Waals surface area (Å²) in [5.74, 6) is 1.34. The van der Waals surface area contributed by atoms with Gasteiger partial charge in [-0.15, -0.1) is 0 Å². The zero-order chi connectivity index (χ0) is 11.5. The maximum atomic E-state index is 6.05. The number of hydrogen-bond donors (Lipinski definition) is 2. The van der Waals surface area contributed by atoms with Crippen LogP contribution in [0.5, 0.6) is 0 Å². The normalized spacial score (nSPS) is 41.4. The molecule has 3 unspecified atom stereocenters. The molecule has 2 fully saturated rings. The van der Waals surface area contributed by atoms with Gasteiger partial charge in [-0.2, -0.15) is 25.3 Å². The third-order valence-corrected chi connectivity index (χ3v) is 5.55. The number of hydrogen-bond acceptors (Lipinski definition) is 3. The van der Waals surface area contributed by atoms with Crippen LogP contribution in [0.2, 0.25) is 0 Å². The Hall–Kier alpha value is 0.660. The molecule has 0 bridgehead atoms. The van der Waals surface area contributed by atoms with E-state index in [1.165, 1.54) is 38.5 Å². The molecule has 0 saturated heterocycles. The zero-order valence-corrected chi connectivity index (χ0v) is 11.9. The van der Waals surface area contributed by atoms with Crippen LogP contribution in [-0.2, 0) is 4.74 Å². The average molecular weight is 260 g/mol. The molecule has 0 aromatic rings. The summed E-state index contributed by atoms with van der Waals surface area (Å²) in [7, 11) is 0. The summed E-state index contributed by atoms with van der Waals surface area (Å²) in [5, 5.41) is 1.11. The van der Waals surface area contributed by atoms with Crippen molar-refractivity contribution in [1.29, 1.82) is 0 Å². The topological polar surface area (TPSA) is 9.23 Å². The Morgan fingerprint density at radius 2 is 1.50 bits per heavy atom. The van der Waals surface area contributed by atoms with Crippen LogP contribution in [0, 0.1) is 11.8 Å². The van der Waals surface area contributed by atoms with E-state index >= 15 is 0 Å². The van der Waals surface area contributed by atoms with Crippen molar-refractivity contribution in [3.8, 4) is 0 Å². The molecular weight excluding hydrogens is 236 g/mol. The van der Waals surface area contributed by atoms with Crippen molar-refractivity contribution in [3.63, 3.8) is 0 Å². The summed E-state index contributed by atoms with van der Waals surface area (Å²) in [6.45, 7) is 2.94. The summed E-state index contributed by atoms with van der Waals surface area (Å²) in [6.07, 6.45) is 8.20. The van der Waals surface area contributed by atoms with Crippen LogP contribution in [0.3, 0.4) is 0 Å². The fourth-order valence-corrected chi connectivity index (χ4v) is 4.46. The van der Waals surface area contributed by atoms with E-state index in [9.17, 15) is 0 Å². The van der Waals surface area contributed by atoms with Gasteiger partial charge < -0.3 is 4.74 Å². The molecule has 1 nitrogen and oxygen atoms in total. The number of rotatable bonds is 4. The molecule has 0 amide bonds. The van der Waals surface area contributed by atoms with Crippen molar-refractivity contribution in [2.75, 3.05) is 6.61 Å². The Kier molecular flexibility index (Phi) is 4.92. The van der Waals surface area contributed by atoms with Crippen molar-refractivity contribution in [2.45, 2.75) is 62.1 Å². The predicted molar refractivity (Wildman–Crippen MR) is 75.6 cm³/mol. The van der Waals surface area contributed by atoms with Crippen LogP contribution >= 0.6 is 25.3 Å². The third kappa shape index (κ3) is 2.73. The molecule has 2 rings (SSSR count). The van der Waals surface area contributed by atoms with Gasteiger partial charge in [0.1, 0.15) is 0 Å². The highest BCUT2D eigenvalue weighted by molar-refractivity contribution is 7.81. The van der Waals surface area contributed by atoms with E-state index in [1.54, 1.807) is 0 Å². The second-order valence-corrected chi connectivity index (χ2v) is 6.57. The van der Waals surface area contributed by atoms with Crippen molar-refractivity contribution >= 4 is 25.3 Å². The first-order chi connectivity index (χ1) is 7.74. The second kappa shape index (κ2) is 6.01. The van der Waals surface area contributed by atoms with Gasteiger partial charge >= 0.3 is 0 Å². The van der Waals surface area contributed by atoms with Gasteiger partial charge in [-0.25, -0.2) is 0 Å². The molecular formula is C13H24OS2. The summed E-state index contributed by atoms with van der Waals surface area (Å²) in [5.41, 5.74) is 0. The van der Waals surface area contributed by atoms with E-state index in [1.807, 2.05) is 0 Å². The molecule has 0 radical (unpaired) electrons. The van der Waals surface area contributed by atoms with Gasteiger partial charge in [-0.1, -0.05) is 12.8 Å². The Labute approximate surface area is 111 Å². The third-order valence-electron chi connectivity index (χ3n) is 4.27. The summed E-state index contributed by atoms with van der Waals surface area (Å²) in [6, 6.07) is 0. The fraction of sp³-hybridized carbons (Fsp3) is 1.00.